The van der Waals surface area contributed by atoms with Crippen LogP contribution in [0.15, 0.2) is 30.3 Å². The lowest BCUT2D eigenvalue weighted by atomic mass is 10.0. The van der Waals surface area contributed by atoms with Crippen molar-refractivity contribution in [3.63, 3.8) is 0 Å². The zero-order chi connectivity index (χ0) is 14.7. The number of benzene rings is 1. The number of carbonyl (C=O) groups is 1. The molecule has 0 saturated heterocycles. The molecule has 2 nitrogen and oxygen atoms in total. The summed E-state index contributed by atoms with van der Waals surface area (Å²) in [5.41, 5.74) is 3.29. The van der Waals surface area contributed by atoms with Crippen molar-refractivity contribution in [2.75, 3.05) is 5.32 Å². The van der Waals surface area contributed by atoms with Gasteiger partial charge in [-0.3, -0.25) is 4.79 Å². The molecule has 0 spiro atoms. The molecule has 1 N–H and O–H groups in total. The molecule has 2 rings (SSSR count). The number of hydrogen-bond donors (Lipinski definition) is 1. The van der Waals surface area contributed by atoms with E-state index in [1.165, 1.54) is 16.0 Å². The molecule has 1 heterocycles. The molecule has 1 aromatic heterocycles. The minimum absolute atomic E-state index is 0.00843. The predicted octanol–water partition coefficient (Wildman–Crippen LogP) is 4.99. The molecule has 1 amide bonds. The van der Waals surface area contributed by atoms with E-state index in [1.54, 1.807) is 11.3 Å². The first-order chi connectivity index (χ1) is 9.52. The second kappa shape index (κ2) is 6.23. The SMILES string of the molecule is CCc1sc(C(=O)Nc2ccccc2C(C)C)cc1C. The molecule has 0 bridgehead atoms. The molecule has 0 saturated carbocycles. The Morgan fingerprint density at radius 3 is 2.60 bits per heavy atom. The lowest BCUT2D eigenvalue weighted by Gasteiger charge is -2.13. The molecule has 0 fully saturated rings. The highest BCUT2D eigenvalue weighted by Crippen LogP contribution is 2.26. The summed E-state index contributed by atoms with van der Waals surface area (Å²) >= 11 is 1.59. The molecule has 2 aromatic rings. The zero-order valence-electron chi connectivity index (χ0n) is 12.5. The van der Waals surface area contributed by atoms with Crippen LogP contribution >= 0.6 is 11.3 Å². The van der Waals surface area contributed by atoms with Gasteiger partial charge in [-0.05, 0) is 42.5 Å². The summed E-state index contributed by atoms with van der Waals surface area (Å²) in [7, 11) is 0. The molecule has 0 radical (unpaired) electrons. The van der Waals surface area contributed by atoms with Crippen LogP contribution in [0.1, 0.15) is 52.4 Å². The third kappa shape index (κ3) is 3.10. The van der Waals surface area contributed by atoms with Crippen LogP contribution in [0, 0.1) is 6.92 Å². The smallest absolute Gasteiger partial charge is 0.265 e. The number of anilines is 1. The van der Waals surface area contributed by atoms with E-state index in [9.17, 15) is 4.79 Å². The number of para-hydroxylation sites is 1. The molecule has 0 aliphatic rings. The van der Waals surface area contributed by atoms with E-state index >= 15 is 0 Å². The fourth-order valence-corrected chi connectivity index (χ4v) is 3.29. The minimum Gasteiger partial charge on any atom is -0.321 e. The highest BCUT2D eigenvalue weighted by atomic mass is 32.1. The Labute approximate surface area is 124 Å². The van der Waals surface area contributed by atoms with Gasteiger partial charge >= 0.3 is 0 Å². The van der Waals surface area contributed by atoms with E-state index in [0.29, 0.717) is 5.92 Å². The molecule has 106 valence electrons. The first kappa shape index (κ1) is 14.8. The number of rotatable bonds is 4. The van der Waals surface area contributed by atoms with Crippen molar-refractivity contribution in [1.29, 1.82) is 0 Å². The Morgan fingerprint density at radius 1 is 1.30 bits per heavy atom. The standard InChI is InChI=1S/C17H21NOS/c1-5-15-12(4)10-16(20-15)17(19)18-14-9-7-6-8-13(14)11(2)3/h6-11H,5H2,1-4H3,(H,18,19). The van der Waals surface area contributed by atoms with Gasteiger partial charge in [0.2, 0.25) is 0 Å². The van der Waals surface area contributed by atoms with Gasteiger partial charge in [-0.1, -0.05) is 39.0 Å². The molecule has 3 heteroatoms. The fraction of sp³-hybridized carbons (Fsp3) is 0.353. The maximum absolute atomic E-state index is 12.4. The number of thiophene rings is 1. The van der Waals surface area contributed by atoms with Crippen molar-refractivity contribution < 1.29 is 4.79 Å². The molecule has 0 atom stereocenters. The largest absolute Gasteiger partial charge is 0.321 e. The van der Waals surface area contributed by atoms with E-state index in [4.69, 9.17) is 0 Å². The van der Waals surface area contributed by atoms with Gasteiger partial charge in [0.1, 0.15) is 0 Å². The molecule has 20 heavy (non-hydrogen) atoms. The third-order valence-electron chi connectivity index (χ3n) is 3.40. The van der Waals surface area contributed by atoms with Crippen molar-refractivity contribution in [2.45, 2.75) is 40.0 Å². The van der Waals surface area contributed by atoms with E-state index in [-0.39, 0.29) is 5.91 Å². The highest BCUT2D eigenvalue weighted by Gasteiger charge is 2.14. The molecular weight excluding hydrogens is 266 g/mol. The van der Waals surface area contributed by atoms with Gasteiger partial charge in [0.25, 0.3) is 5.91 Å². The molecular formula is C17H21NOS. The van der Waals surface area contributed by atoms with Crippen LogP contribution in [0.3, 0.4) is 0 Å². The van der Waals surface area contributed by atoms with E-state index in [0.717, 1.165) is 17.0 Å². The van der Waals surface area contributed by atoms with Gasteiger partial charge in [-0.15, -0.1) is 11.3 Å². The van der Waals surface area contributed by atoms with Crippen LogP contribution in [0.2, 0.25) is 0 Å². The van der Waals surface area contributed by atoms with Crippen LogP contribution < -0.4 is 5.32 Å². The minimum atomic E-state index is -0.00843. The first-order valence-electron chi connectivity index (χ1n) is 7.02. The summed E-state index contributed by atoms with van der Waals surface area (Å²) in [6.45, 7) is 8.45. The second-order valence-electron chi connectivity index (χ2n) is 5.27. The van der Waals surface area contributed by atoms with Crippen molar-refractivity contribution in [2.24, 2.45) is 0 Å². The average molecular weight is 287 g/mol. The van der Waals surface area contributed by atoms with E-state index < -0.39 is 0 Å². The van der Waals surface area contributed by atoms with Crippen molar-refractivity contribution >= 4 is 22.9 Å². The van der Waals surface area contributed by atoms with E-state index in [1.807, 2.05) is 24.3 Å². The van der Waals surface area contributed by atoms with Crippen LogP contribution in [-0.4, -0.2) is 5.91 Å². The first-order valence-corrected chi connectivity index (χ1v) is 7.84. The molecule has 1 aromatic carbocycles. The topological polar surface area (TPSA) is 29.1 Å². The lowest BCUT2D eigenvalue weighted by Crippen LogP contribution is -2.12. The molecule has 0 aliphatic heterocycles. The summed E-state index contributed by atoms with van der Waals surface area (Å²) < 4.78 is 0. The van der Waals surface area contributed by atoms with Crippen LogP contribution in [0.4, 0.5) is 5.69 Å². The fourth-order valence-electron chi connectivity index (χ4n) is 2.28. The highest BCUT2D eigenvalue weighted by molar-refractivity contribution is 7.14. The number of carbonyl (C=O) groups excluding carboxylic acids is 1. The van der Waals surface area contributed by atoms with Gasteiger partial charge in [0, 0.05) is 10.6 Å². The van der Waals surface area contributed by atoms with Crippen LogP contribution in [0.5, 0.6) is 0 Å². The zero-order valence-corrected chi connectivity index (χ0v) is 13.3. The van der Waals surface area contributed by atoms with Crippen molar-refractivity contribution in [3.05, 3.63) is 51.2 Å². The lowest BCUT2D eigenvalue weighted by molar-refractivity contribution is 0.103. The Hall–Kier alpha value is -1.61. The summed E-state index contributed by atoms with van der Waals surface area (Å²) in [6.07, 6.45) is 0.979. The molecule has 0 aliphatic carbocycles. The van der Waals surface area contributed by atoms with Gasteiger partial charge in [0.15, 0.2) is 0 Å². The maximum atomic E-state index is 12.4. The third-order valence-corrected chi connectivity index (χ3v) is 4.78. The van der Waals surface area contributed by atoms with Gasteiger partial charge in [0.05, 0.1) is 4.88 Å². The summed E-state index contributed by atoms with van der Waals surface area (Å²) in [5, 5.41) is 3.04. The monoisotopic (exact) mass is 287 g/mol. The number of amides is 1. The molecule has 0 unspecified atom stereocenters. The number of aryl methyl sites for hydroxylation is 2. The predicted molar refractivity (Wildman–Crippen MR) is 86.9 cm³/mol. The Bertz CT molecular complexity index is 613. The van der Waals surface area contributed by atoms with Gasteiger partial charge < -0.3 is 5.32 Å². The summed E-state index contributed by atoms with van der Waals surface area (Å²) in [5.74, 6) is 0.383. The van der Waals surface area contributed by atoms with Crippen LogP contribution in [-0.2, 0) is 6.42 Å². The number of nitrogens with one attached hydrogen (secondary N) is 1. The van der Waals surface area contributed by atoms with Gasteiger partial charge in [-0.2, -0.15) is 0 Å². The normalized spacial score (nSPS) is 10.8. The second-order valence-corrected chi connectivity index (χ2v) is 6.40. The van der Waals surface area contributed by atoms with E-state index in [2.05, 4.69) is 39.1 Å². The quantitative estimate of drug-likeness (QED) is 0.843. The maximum Gasteiger partial charge on any atom is 0.265 e. The van der Waals surface area contributed by atoms with Crippen LogP contribution in [0.25, 0.3) is 0 Å². The Morgan fingerprint density at radius 2 is 2.00 bits per heavy atom. The van der Waals surface area contributed by atoms with Crippen molar-refractivity contribution in [1.82, 2.24) is 0 Å². The summed E-state index contributed by atoms with van der Waals surface area (Å²) in [4.78, 5) is 14.4. The average Bonchev–Trinajstić information content (AvgIpc) is 2.80. The summed E-state index contributed by atoms with van der Waals surface area (Å²) in [6, 6.07) is 9.98. The Balaban J connectivity index is 2.23. The number of hydrogen-bond acceptors (Lipinski definition) is 2. The van der Waals surface area contributed by atoms with Crippen molar-refractivity contribution in [3.8, 4) is 0 Å². The Kier molecular flexibility index (Phi) is 4.61. The van der Waals surface area contributed by atoms with Gasteiger partial charge in [-0.25, -0.2) is 0 Å².